The minimum Gasteiger partial charge on any atom is -0.351 e. The number of thiophene rings is 1. The van der Waals surface area contributed by atoms with Crippen LogP contribution in [0.15, 0.2) is 47.4 Å². The van der Waals surface area contributed by atoms with Crippen molar-refractivity contribution in [2.45, 2.75) is 19.9 Å². The molecular weight excluding hydrogens is 350 g/mol. The first-order valence-corrected chi connectivity index (χ1v) is 9.20. The Bertz CT molecular complexity index is 889. The summed E-state index contributed by atoms with van der Waals surface area (Å²) in [6.07, 6.45) is 1.88. The third-order valence-electron chi connectivity index (χ3n) is 3.78. The highest BCUT2D eigenvalue weighted by Gasteiger charge is 2.09. The minimum atomic E-state index is -0.167. The van der Waals surface area contributed by atoms with Crippen molar-refractivity contribution in [2.75, 3.05) is 11.9 Å². The average Bonchev–Trinajstić information content (AvgIpc) is 3.33. The van der Waals surface area contributed by atoms with E-state index in [9.17, 15) is 9.59 Å². The summed E-state index contributed by atoms with van der Waals surface area (Å²) in [5.41, 5.74) is 2.18. The lowest BCUT2D eigenvalue weighted by Crippen LogP contribution is -2.27. The standard InChI is InChI=1S/C18H19N5O2S/c1-2-23-12-20-22-17(23)13-4-3-5-15(10-13)21-16(24)6-8-19-18(25)14-7-9-26-11-14/h3-5,7,9-12H,2,6,8H2,1H3,(H,19,25)(H,21,24). The number of nitrogens with zero attached hydrogens (tertiary/aromatic N) is 3. The molecule has 0 radical (unpaired) electrons. The van der Waals surface area contributed by atoms with E-state index in [2.05, 4.69) is 20.8 Å². The molecule has 0 bridgehead atoms. The van der Waals surface area contributed by atoms with E-state index in [4.69, 9.17) is 0 Å². The first kappa shape index (κ1) is 17.8. The van der Waals surface area contributed by atoms with Gasteiger partial charge in [-0.15, -0.1) is 10.2 Å². The molecule has 0 saturated carbocycles. The molecule has 2 N–H and O–H groups in total. The van der Waals surface area contributed by atoms with Crippen LogP contribution >= 0.6 is 11.3 Å². The van der Waals surface area contributed by atoms with Crippen molar-refractivity contribution in [3.8, 4) is 11.4 Å². The molecule has 1 aromatic carbocycles. The maximum absolute atomic E-state index is 12.1. The molecule has 0 aliphatic heterocycles. The molecule has 8 heteroatoms. The van der Waals surface area contributed by atoms with Crippen molar-refractivity contribution in [2.24, 2.45) is 0 Å². The summed E-state index contributed by atoms with van der Waals surface area (Å²) in [6, 6.07) is 9.21. The summed E-state index contributed by atoms with van der Waals surface area (Å²) in [5, 5.41) is 17.2. The zero-order valence-corrected chi connectivity index (χ0v) is 15.1. The van der Waals surface area contributed by atoms with E-state index in [1.807, 2.05) is 41.1 Å². The van der Waals surface area contributed by atoms with Crippen molar-refractivity contribution in [3.05, 3.63) is 53.0 Å². The number of hydrogen-bond donors (Lipinski definition) is 2. The van der Waals surface area contributed by atoms with E-state index in [1.165, 1.54) is 11.3 Å². The smallest absolute Gasteiger partial charge is 0.252 e. The third kappa shape index (κ3) is 4.34. The summed E-state index contributed by atoms with van der Waals surface area (Å²) in [4.78, 5) is 23.9. The van der Waals surface area contributed by atoms with Gasteiger partial charge < -0.3 is 15.2 Å². The molecule has 2 aromatic heterocycles. The highest BCUT2D eigenvalue weighted by molar-refractivity contribution is 7.08. The Balaban J connectivity index is 1.54. The molecule has 0 unspecified atom stereocenters. The maximum Gasteiger partial charge on any atom is 0.252 e. The van der Waals surface area contributed by atoms with Gasteiger partial charge in [0.15, 0.2) is 5.82 Å². The molecule has 0 spiro atoms. The van der Waals surface area contributed by atoms with E-state index < -0.39 is 0 Å². The minimum absolute atomic E-state index is 0.162. The molecule has 0 aliphatic carbocycles. The van der Waals surface area contributed by atoms with Crippen LogP contribution in [0.5, 0.6) is 0 Å². The third-order valence-corrected chi connectivity index (χ3v) is 4.46. The Morgan fingerprint density at radius 2 is 2.15 bits per heavy atom. The van der Waals surface area contributed by atoms with Crippen LogP contribution in [0.4, 0.5) is 5.69 Å². The van der Waals surface area contributed by atoms with Gasteiger partial charge in [-0.3, -0.25) is 9.59 Å². The first-order valence-electron chi connectivity index (χ1n) is 8.26. The fourth-order valence-electron chi connectivity index (χ4n) is 2.45. The summed E-state index contributed by atoms with van der Waals surface area (Å²) in [6.45, 7) is 3.07. The van der Waals surface area contributed by atoms with E-state index in [0.717, 1.165) is 17.9 Å². The number of benzene rings is 1. The average molecular weight is 369 g/mol. The van der Waals surface area contributed by atoms with Crippen molar-refractivity contribution in [3.63, 3.8) is 0 Å². The van der Waals surface area contributed by atoms with Crippen molar-refractivity contribution >= 4 is 28.8 Å². The van der Waals surface area contributed by atoms with E-state index in [-0.39, 0.29) is 24.8 Å². The lowest BCUT2D eigenvalue weighted by atomic mass is 10.2. The van der Waals surface area contributed by atoms with Crippen LogP contribution in [0.25, 0.3) is 11.4 Å². The number of nitrogens with one attached hydrogen (secondary N) is 2. The van der Waals surface area contributed by atoms with Gasteiger partial charge in [0.25, 0.3) is 5.91 Å². The maximum atomic E-state index is 12.1. The molecule has 0 saturated heterocycles. The van der Waals surface area contributed by atoms with E-state index in [0.29, 0.717) is 11.3 Å². The van der Waals surface area contributed by atoms with Gasteiger partial charge in [0.2, 0.25) is 5.91 Å². The van der Waals surface area contributed by atoms with Gasteiger partial charge in [-0.05, 0) is 30.5 Å². The molecule has 0 aliphatic rings. The largest absolute Gasteiger partial charge is 0.351 e. The molecule has 7 nitrogen and oxygen atoms in total. The molecule has 3 rings (SSSR count). The van der Waals surface area contributed by atoms with Gasteiger partial charge in [-0.25, -0.2) is 0 Å². The van der Waals surface area contributed by atoms with Gasteiger partial charge in [-0.2, -0.15) is 11.3 Å². The van der Waals surface area contributed by atoms with Crippen molar-refractivity contribution in [1.82, 2.24) is 20.1 Å². The van der Waals surface area contributed by atoms with E-state index in [1.54, 1.807) is 17.8 Å². The number of carbonyl (C=O) groups excluding carboxylic acids is 2. The van der Waals surface area contributed by atoms with Gasteiger partial charge in [0.05, 0.1) is 0 Å². The quantitative estimate of drug-likeness (QED) is 0.670. The molecule has 2 heterocycles. The second-order valence-corrected chi connectivity index (χ2v) is 6.37. The van der Waals surface area contributed by atoms with Crippen LogP contribution in [-0.4, -0.2) is 33.1 Å². The zero-order valence-electron chi connectivity index (χ0n) is 14.3. The topological polar surface area (TPSA) is 88.9 Å². The van der Waals surface area contributed by atoms with Crippen LogP contribution in [0.2, 0.25) is 0 Å². The first-order chi connectivity index (χ1) is 12.7. The van der Waals surface area contributed by atoms with Gasteiger partial charge in [0.1, 0.15) is 6.33 Å². The van der Waals surface area contributed by atoms with Crippen LogP contribution in [0.3, 0.4) is 0 Å². The molecule has 0 fully saturated rings. The number of amides is 2. The Kier molecular flexibility index (Phi) is 5.75. The Labute approximate surface area is 155 Å². The predicted octanol–water partition coefficient (Wildman–Crippen LogP) is 2.79. The summed E-state index contributed by atoms with van der Waals surface area (Å²) >= 11 is 1.46. The van der Waals surface area contributed by atoms with Crippen molar-refractivity contribution < 1.29 is 9.59 Å². The lowest BCUT2D eigenvalue weighted by Gasteiger charge is -2.08. The van der Waals surface area contributed by atoms with Gasteiger partial charge >= 0.3 is 0 Å². The highest BCUT2D eigenvalue weighted by Crippen LogP contribution is 2.20. The fraction of sp³-hybridized carbons (Fsp3) is 0.222. The van der Waals surface area contributed by atoms with Crippen LogP contribution < -0.4 is 10.6 Å². The second kappa shape index (κ2) is 8.39. The molecular formula is C18H19N5O2S. The number of carbonyl (C=O) groups is 2. The van der Waals surface area contributed by atoms with Gasteiger partial charge in [0, 0.05) is 41.7 Å². The number of rotatable bonds is 7. The molecule has 134 valence electrons. The fourth-order valence-corrected chi connectivity index (χ4v) is 3.09. The van der Waals surface area contributed by atoms with Crippen LogP contribution in [0, 0.1) is 0 Å². The van der Waals surface area contributed by atoms with Crippen LogP contribution in [-0.2, 0) is 11.3 Å². The normalized spacial score (nSPS) is 10.5. The number of aryl methyl sites for hydroxylation is 1. The Morgan fingerprint density at radius 1 is 1.27 bits per heavy atom. The predicted molar refractivity (Wildman–Crippen MR) is 101 cm³/mol. The highest BCUT2D eigenvalue weighted by atomic mass is 32.1. The molecule has 26 heavy (non-hydrogen) atoms. The molecule has 2 amide bonds. The Morgan fingerprint density at radius 3 is 2.92 bits per heavy atom. The number of aromatic nitrogens is 3. The summed E-state index contributed by atoms with van der Waals surface area (Å²) in [5.74, 6) is 0.427. The summed E-state index contributed by atoms with van der Waals surface area (Å²) < 4.78 is 1.93. The van der Waals surface area contributed by atoms with Crippen molar-refractivity contribution in [1.29, 1.82) is 0 Å². The lowest BCUT2D eigenvalue weighted by molar-refractivity contribution is -0.116. The molecule has 0 atom stereocenters. The van der Waals surface area contributed by atoms with Gasteiger partial charge in [-0.1, -0.05) is 12.1 Å². The second-order valence-electron chi connectivity index (χ2n) is 5.59. The number of anilines is 1. The molecule has 3 aromatic rings. The zero-order chi connectivity index (χ0) is 18.4. The summed E-state index contributed by atoms with van der Waals surface area (Å²) in [7, 11) is 0. The van der Waals surface area contributed by atoms with Crippen LogP contribution in [0.1, 0.15) is 23.7 Å². The Hall–Kier alpha value is -3.00. The van der Waals surface area contributed by atoms with E-state index >= 15 is 0 Å². The SMILES string of the molecule is CCn1cnnc1-c1cccc(NC(=O)CCNC(=O)c2ccsc2)c1. The monoisotopic (exact) mass is 369 g/mol. The number of hydrogen-bond acceptors (Lipinski definition) is 5.